The van der Waals surface area contributed by atoms with Gasteiger partial charge < -0.3 is 14.6 Å². The Kier molecular flexibility index (Phi) is 5.76. The van der Waals surface area contributed by atoms with Crippen LogP contribution in [0.3, 0.4) is 0 Å². The smallest absolute Gasteiger partial charge is 0.309 e. The lowest BCUT2D eigenvalue weighted by atomic mass is 10.1. The molecule has 21 heavy (non-hydrogen) atoms. The molecule has 1 N–H and O–H groups in total. The van der Waals surface area contributed by atoms with Gasteiger partial charge in [0, 0.05) is 51.7 Å². The Labute approximate surface area is 126 Å². The summed E-state index contributed by atoms with van der Waals surface area (Å²) in [6.45, 7) is 10.1. The van der Waals surface area contributed by atoms with Crippen LogP contribution in [-0.2, 0) is 11.3 Å². The average Bonchev–Trinajstić information content (AvgIpc) is 2.73. The number of rotatable bonds is 6. The van der Waals surface area contributed by atoms with Gasteiger partial charge in [-0.1, -0.05) is 6.92 Å². The van der Waals surface area contributed by atoms with Gasteiger partial charge in [-0.3, -0.25) is 9.69 Å². The molecule has 0 radical (unpaired) electrons. The third-order valence-electron chi connectivity index (χ3n) is 4.16. The highest BCUT2D eigenvalue weighted by molar-refractivity contribution is 5.70. The van der Waals surface area contributed by atoms with Crippen molar-refractivity contribution in [1.29, 1.82) is 0 Å². The molecule has 0 saturated carbocycles. The van der Waals surface area contributed by atoms with Gasteiger partial charge in [-0.25, -0.2) is 4.98 Å². The molecule has 6 nitrogen and oxygen atoms in total. The number of carboxylic acids is 1. The van der Waals surface area contributed by atoms with E-state index in [-0.39, 0.29) is 5.92 Å². The van der Waals surface area contributed by atoms with Gasteiger partial charge in [0.2, 0.25) is 0 Å². The Morgan fingerprint density at radius 1 is 1.29 bits per heavy atom. The van der Waals surface area contributed by atoms with E-state index in [1.165, 1.54) is 0 Å². The number of hydrogen-bond acceptors (Lipinski definition) is 4. The summed E-state index contributed by atoms with van der Waals surface area (Å²) in [6, 6.07) is 0. The number of hydrogen-bond donors (Lipinski definition) is 1. The molecule has 118 valence electrons. The maximum absolute atomic E-state index is 11.4. The zero-order chi connectivity index (χ0) is 15.2. The van der Waals surface area contributed by atoms with Gasteiger partial charge in [0.15, 0.2) is 0 Å². The second-order valence-corrected chi connectivity index (χ2v) is 5.80. The molecular formula is C15H26N4O2. The van der Waals surface area contributed by atoms with E-state index in [1.807, 2.05) is 13.1 Å². The first-order valence-corrected chi connectivity index (χ1v) is 7.75. The average molecular weight is 294 g/mol. The lowest BCUT2D eigenvalue weighted by Gasteiger charge is -2.22. The standard InChI is InChI=1S/C15H26N4O2/c1-3-5-17-7-8-18(12-14(11-17)15(20)21)9-10-19-6-4-16-13(19)2/h4,6,14H,3,5,7-12H2,1-2H3,(H,20,21)/t14-/m1/s1. The Morgan fingerprint density at radius 3 is 2.48 bits per heavy atom. The maximum atomic E-state index is 11.4. The summed E-state index contributed by atoms with van der Waals surface area (Å²) < 4.78 is 2.12. The number of aliphatic carboxylic acids is 1. The van der Waals surface area contributed by atoms with Crippen molar-refractivity contribution >= 4 is 5.97 Å². The minimum absolute atomic E-state index is 0.289. The minimum Gasteiger partial charge on any atom is -0.481 e. The highest BCUT2D eigenvalue weighted by Crippen LogP contribution is 2.11. The molecule has 0 aromatic carbocycles. The zero-order valence-corrected chi connectivity index (χ0v) is 13.0. The van der Waals surface area contributed by atoms with Crippen LogP contribution in [0.5, 0.6) is 0 Å². The van der Waals surface area contributed by atoms with Crippen molar-refractivity contribution in [1.82, 2.24) is 19.4 Å². The summed E-state index contributed by atoms with van der Waals surface area (Å²) in [6.07, 6.45) is 4.85. The Morgan fingerprint density at radius 2 is 1.95 bits per heavy atom. The van der Waals surface area contributed by atoms with E-state index in [9.17, 15) is 9.90 Å². The van der Waals surface area contributed by atoms with Crippen molar-refractivity contribution in [3.05, 3.63) is 18.2 Å². The van der Waals surface area contributed by atoms with Gasteiger partial charge in [0.05, 0.1) is 5.92 Å². The molecule has 1 aliphatic rings. The van der Waals surface area contributed by atoms with E-state index >= 15 is 0 Å². The minimum atomic E-state index is -0.679. The highest BCUT2D eigenvalue weighted by atomic mass is 16.4. The summed E-state index contributed by atoms with van der Waals surface area (Å²) in [5.74, 6) is 0.0389. The van der Waals surface area contributed by atoms with Gasteiger partial charge in [0.25, 0.3) is 0 Å². The molecule has 2 rings (SSSR count). The summed E-state index contributed by atoms with van der Waals surface area (Å²) >= 11 is 0. The van der Waals surface area contributed by atoms with E-state index in [0.29, 0.717) is 13.1 Å². The van der Waals surface area contributed by atoms with Crippen molar-refractivity contribution in [2.75, 3.05) is 39.3 Å². The van der Waals surface area contributed by atoms with Gasteiger partial charge in [0.1, 0.15) is 5.82 Å². The number of carboxylic acid groups (broad SMARTS) is 1. The first kappa shape index (κ1) is 16.0. The number of carbonyl (C=O) groups is 1. The predicted molar refractivity (Wildman–Crippen MR) is 81.3 cm³/mol. The van der Waals surface area contributed by atoms with E-state index < -0.39 is 5.97 Å². The fourth-order valence-corrected chi connectivity index (χ4v) is 2.91. The molecule has 0 spiro atoms. The number of nitrogens with zero attached hydrogens (tertiary/aromatic N) is 4. The van der Waals surface area contributed by atoms with Crippen LogP contribution in [0.25, 0.3) is 0 Å². The highest BCUT2D eigenvalue weighted by Gasteiger charge is 2.27. The van der Waals surface area contributed by atoms with Crippen molar-refractivity contribution in [3.8, 4) is 0 Å². The van der Waals surface area contributed by atoms with Gasteiger partial charge in [-0.15, -0.1) is 0 Å². The van der Waals surface area contributed by atoms with Crippen molar-refractivity contribution in [2.45, 2.75) is 26.8 Å². The normalized spacial score (nSPS) is 21.3. The molecule has 1 aromatic heterocycles. The Balaban J connectivity index is 1.93. The van der Waals surface area contributed by atoms with Crippen molar-refractivity contribution in [3.63, 3.8) is 0 Å². The molecule has 1 saturated heterocycles. The fourth-order valence-electron chi connectivity index (χ4n) is 2.91. The topological polar surface area (TPSA) is 61.6 Å². The number of aromatic nitrogens is 2. The molecule has 1 aliphatic heterocycles. The van der Waals surface area contributed by atoms with Gasteiger partial charge in [-0.05, 0) is 19.9 Å². The summed E-state index contributed by atoms with van der Waals surface area (Å²) in [4.78, 5) is 20.2. The van der Waals surface area contributed by atoms with Crippen LogP contribution in [0, 0.1) is 12.8 Å². The van der Waals surface area contributed by atoms with Crippen LogP contribution in [0.15, 0.2) is 12.4 Å². The molecule has 1 aromatic rings. The third-order valence-corrected chi connectivity index (χ3v) is 4.16. The lowest BCUT2D eigenvalue weighted by Crippen LogP contribution is -2.36. The van der Waals surface area contributed by atoms with E-state index in [2.05, 4.69) is 26.3 Å². The largest absolute Gasteiger partial charge is 0.481 e. The van der Waals surface area contributed by atoms with Crippen LogP contribution in [0.1, 0.15) is 19.2 Å². The molecular weight excluding hydrogens is 268 g/mol. The third kappa shape index (κ3) is 4.54. The zero-order valence-electron chi connectivity index (χ0n) is 13.0. The second kappa shape index (κ2) is 7.56. The predicted octanol–water partition coefficient (Wildman–Crippen LogP) is 0.920. The molecule has 1 fully saturated rings. The van der Waals surface area contributed by atoms with Crippen LogP contribution >= 0.6 is 0 Å². The van der Waals surface area contributed by atoms with Gasteiger partial charge in [-0.2, -0.15) is 0 Å². The monoisotopic (exact) mass is 294 g/mol. The van der Waals surface area contributed by atoms with Gasteiger partial charge >= 0.3 is 5.97 Å². The Hall–Kier alpha value is -1.40. The van der Waals surface area contributed by atoms with Crippen LogP contribution in [0.4, 0.5) is 0 Å². The van der Waals surface area contributed by atoms with Crippen molar-refractivity contribution < 1.29 is 9.90 Å². The molecule has 1 atom stereocenters. The summed E-state index contributed by atoms with van der Waals surface area (Å²) in [5, 5.41) is 9.39. The van der Waals surface area contributed by atoms with Crippen molar-refractivity contribution in [2.24, 2.45) is 5.92 Å². The SMILES string of the molecule is CCCN1CCN(CCn2ccnc2C)C[C@H](C(=O)O)C1. The fraction of sp³-hybridized carbons (Fsp3) is 0.733. The van der Waals surface area contributed by atoms with E-state index in [4.69, 9.17) is 0 Å². The molecule has 0 unspecified atom stereocenters. The second-order valence-electron chi connectivity index (χ2n) is 5.80. The summed E-state index contributed by atoms with van der Waals surface area (Å²) in [5.41, 5.74) is 0. The lowest BCUT2D eigenvalue weighted by molar-refractivity contribution is -0.142. The molecule has 0 amide bonds. The molecule has 0 aliphatic carbocycles. The number of aryl methyl sites for hydroxylation is 1. The van der Waals surface area contributed by atoms with E-state index in [1.54, 1.807) is 6.20 Å². The molecule has 2 heterocycles. The number of imidazole rings is 1. The molecule has 6 heteroatoms. The first-order chi connectivity index (χ1) is 10.1. The Bertz CT molecular complexity index is 460. The molecule has 0 bridgehead atoms. The van der Waals surface area contributed by atoms with Crippen LogP contribution < -0.4 is 0 Å². The quantitative estimate of drug-likeness (QED) is 0.845. The first-order valence-electron chi connectivity index (χ1n) is 7.75. The maximum Gasteiger partial charge on any atom is 0.309 e. The van der Waals surface area contributed by atoms with Crippen LogP contribution in [-0.4, -0.2) is 69.7 Å². The summed E-state index contributed by atoms with van der Waals surface area (Å²) in [7, 11) is 0. The van der Waals surface area contributed by atoms with Crippen LogP contribution in [0.2, 0.25) is 0 Å². The van der Waals surface area contributed by atoms with E-state index in [0.717, 1.165) is 45.0 Å².